The molecule has 0 atom stereocenters. The van der Waals surface area contributed by atoms with Crippen LogP contribution >= 0.6 is 19.2 Å². The number of nitrogens with one attached hydrogen (secondary N) is 1. The van der Waals surface area contributed by atoms with Gasteiger partial charge in [-0.3, -0.25) is 14.4 Å². The van der Waals surface area contributed by atoms with Gasteiger partial charge in [-0.15, -0.1) is 11.3 Å². The molecule has 0 saturated carbocycles. The summed E-state index contributed by atoms with van der Waals surface area (Å²) < 4.78 is 34.7. The number of carbonyl (C=O) groups excluding carboxylic acids is 1. The summed E-state index contributed by atoms with van der Waals surface area (Å²) >= 11 is 1.25. The molecular formula is C14H16N3O8PS2. The normalized spacial score (nSPS) is 15.4. The molecule has 28 heavy (non-hydrogen) atoms. The molecule has 0 aliphatic carbocycles. The Morgan fingerprint density at radius 2 is 1.82 bits per heavy atom. The molecule has 0 unspecified atom stereocenters. The minimum Gasteiger partial charge on any atom is -0.505 e. The molecule has 1 aliphatic rings. The van der Waals surface area contributed by atoms with E-state index < -0.39 is 23.8 Å². The number of sulfonamides is 1. The molecule has 14 heteroatoms. The third-order valence-electron chi connectivity index (χ3n) is 3.38. The highest BCUT2D eigenvalue weighted by atomic mass is 32.2. The predicted octanol–water partition coefficient (Wildman–Crippen LogP) is 1.02. The average Bonchev–Trinajstić information content (AvgIpc) is 2.97. The maximum absolute atomic E-state index is 12.5. The molecule has 1 aromatic heterocycles. The van der Waals surface area contributed by atoms with E-state index in [1.54, 1.807) is 18.3 Å². The fraction of sp³-hybridized carbons (Fsp3) is 0.143. The summed E-state index contributed by atoms with van der Waals surface area (Å²) in [5.41, 5.74) is -0.234. The number of aliphatic hydroxyl groups excluding tert-OH is 1. The van der Waals surface area contributed by atoms with Crippen LogP contribution in [0.25, 0.3) is 5.76 Å². The molecular weight excluding hydrogens is 433 g/mol. The van der Waals surface area contributed by atoms with Gasteiger partial charge >= 0.3 is 7.82 Å². The van der Waals surface area contributed by atoms with Crippen LogP contribution in [0.4, 0.5) is 5.13 Å². The minimum atomic E-state index is -4.64. The second-order valence-corrected chi connectivity index (χ2v) is 9.61. The quantitative estimate of drug-likeness (QED) is 0.419. The number of rotatable bonds is 2. The zero-order chi connectivity index (χ0) is 21.3. The second kappa shape index (κ2) is 7.99. The number of phosphoric acid groups is 1. The molecule has 3 rings (SSSR count). The van der Waals surface area contributed by atoms with Gasteiger partial charge in [0.05, 0.1) is 4.90 Å². The summed E-state index contributed by atoms with van der Waals surface area (Å²) in [7, 11) is -7.31. The van der Waals surface area contributed by atoms with Crippen LogP contribution in [-0.2, 0) is 19.4 Å². The standard InChI is InChI=1S/C14H13N3O4S2.H3O4P/c1-8-7-15-14(22-8)16-13(19)11-12(18)9-5-3-4-6-10(9)23(20,21)17(11)2;1-5(2,3)4/h3-7,18H,1-2H3,(H,15,16,19);(H3,1,2,3,4). The van der Waals surface area contributed by atoms with E-state index in [9.17, 15) is 18.3 Å². The molecule has 152 valence electrons. The number of carbonyl (C=O) groups is 1. The van der Waals surface area contributed by atoms with Crippen molar-refractivity contribution < 1.29 is 37.6 Å². The van der Waals surface area contributed by atoms with Gasteiger partial charge in [0.25, 0.3) is 15.9 Å². The van der Waals surface area contributed by atoms with E-state index in [2.05, 4.69) is 10.3 Å². The van der Waals surface area contributed by atoms with Gasteiger partial charge in [0.1, 0.15) is 0 Å². The number of anilines is 1. The molecule has 11 nitrogen and oxygen atoms in total. The van der Waals surface area contributed by atoms with Gasteiger partial charge < -0.3 is 19.8 Å². The third-order valence-corrected chi connectivity index (χ3v) is 6.02. The number of amides is 1. The van der Waals surface area contributed by atoms with E-state index in [-0.39, 0.29) is 21.9 Å². The SMILES string of the molecule is Cc1cnc(NC(=O)C2=C(O)c3ccccc3S(=O)(=O)N2C)s1.O=P(O)(O)O. The lowest BCUT2D eigenvalue weighted by Crippen LogP contribution is -2.37. The number of hydrogen-bond acceptors (Lipinski definition) is 7. The fourth-order valence-corrected chi connectivity index (χ4v) is 4.31. The van der Waals surface area contributed by atoms with Crippen molar-refractivity contribution in [3.8, 4) is 0 Å². The van der Waals surface area contributed by atoms with Crippen LogP contribution in [0.15, 0.2) is 41.1 Å². The number of thiazole rings is 1. The highest BCUT2D eigenvalue weighted by Crippen LogP contribution is 2.34. The molecule has 1 aliphatic heterocycles. The monoisotopic (exact) mass is 449 g/mol. The predicted molar refractivity (Wildman–Crippen MR) is 101 cm³/mol. The Kier molecular flexibility index (Phi) is 6.28. The Hall–Kier alpha value is -2.28. The van der Waals surface area contributed by atoms with Crippen LogP contribution in [-0.4, -0.2) is 50.4 Å². The van der Waals surface area contributed by atoms with Crippen LogP contribution in [0.2, 0.25) is 0 Å². The summed E-state index contributed by atoms with van der Waals surface area (Å²) in [4.78, 5) is 38.8. The van der Waals surface area contributed by atoms with E-state index in [1.807, 2.05) is 6.92 Å². The topological polar surface area (TPSA) is 177 Å². The van der Waals surface area contributed by atoms with E-state index in [0.29, 0.717) is 5.13 Å². The number of fused-ring (bicyclic) bond motifs is 1. The van der Waals surface area contributed by atoms with Gasteiger partial charge in [-0.2, -0.15) is 0 Å². The van der Waals surface area contributed by atoms with Crippen molar-refractivity contribution >= 4 is 46.0 Å². The van der Waals surface area contributed by atoms with Gasteiger partial charge in [-0.05, 0) is 19.1 Å². The number of aromatic nitrogens is 1. The maximum atomic E-state index is 12.5. The molecule has 5 N–H and O–H groups in total. The molecule has 0 fully saturated rings. The smallest absolute Gasteiger partial charge is 0.466 e. The molecule has 1 amide bonds. The van der Waals surface area contributed by atoms with E-state index in [4.69, 9.17) is 19.2 Å². The van der Waals surface area contributed by atoms with Crippen LogP contribution in [0.5, 0.6) is 0 Å². The lowest BCUT2D eigenvalue weighted by molar-refractivity contribution is -0.113. The Balaban J connectivity index is 0.000000500. The number of hydrogen-bond donors (Lipinski definition) is 5. The van der Waals surface area contributed by atoms with Crippen LogP contribution in [0, 0.1) is 6.92 Å². The first-order valence-corrected chi connectivity index (χ1v) is 11.2. The molecule has 2 aromatic rings. The number of nitrogens with zero attached hydrogens (tertiary/aromatic N) is 2. The van der Waals surface area contributed by atoms with Gasteiger partial charge in [-0.1, -0.05) is 12.1 Å². The third kappa shape index (κ3) is 4.95. The Bertz CT molecular complexity index is 1080. The summed E-state index contributed by atoms with van der Waals surface area (Å²) in [6.45, 7) is 1.83. The van der Waals surface area contributed by atoms with Crippen molar-refractivity contribution in [1.29, 1.82) is 0 Å². The first-order chi connectivity index (χ1) is 12.8. The number of aliphatic hydroxyl groups is 1. The zero-order valence-electron chi connectivity index (χ0n) is 14.5. The van der Waals surface area contributed by atoms with Gasteiger partial charge in [0.15, 0.2) is 16.6 Å². The first kappa shape index (κ1) is 22.0. The van der Waals surface area contributed by atoms with Crippen molar-refractivity contribution in [2.24, 2.45) is 0 Å². The Morgan fingerprint density at radius 1 is 1.25 bits per heavy atom. The van der Waals surface area contributed by atoms with Gasteiger partial charge in [0.2, 0.25) is 0 Å². The van der Waals surface area contributed by atoms with Crippen molar-refractivity contribution in [1.82, 2.24) is 9.29 Å². The molecule has 0 saturated heterocycles. The maximum Gasteiger partial charge on any atom is 0.466 e. The van der Waals surface area contributed by atoms with Crippen LogP contribution < -0.4 is 5.32 Å². The number of likely N-dealkylation sites (N-methyl/N-ethyl adjacent to an activating group) is 1. The number of aryl methyl sites for hydroxylation is 1. The van der Waals surface area contributed by atoms with Crippen LogP contribution in [0.1, 0.15) is 10.4 Å². The average molecular weight is 449 g/mol. The van der Waals surface area contributed by atoms with E-state index in [1.165, 1.54) is 30.5 Å². The molecule has 0 radical (unpaired) electrons. The first-order valence-electron chi connectivity index (χ1n) is 7.36. The van der Waals surface area contributed by atoms with Crippen molar-refractivity contribution in [3.05, 3.63) is 46.6 Å². The highest BCUT2D eigenvalue weighted by Gasteiger charge is 2.37. The van der Waals surface area contributed by atoms with Crippen molar-refractivity contribution in [3.63, 3.8) is 0 Å². The molecule has 0 spiro atoms. The lowest BCUT2D eigenvalue weighted by Gasteiger charge is -2.28. The van der Waals surface area contributed by atoms with Crippen LogP contribution in [0.3, 0.4) is 0 Å². The van der Waals surface area contributed by atoms with Crippen molar-refractivity contribution in [2.75, 3.05) is 12.4 Å². The Labute approximate surface area is 163 Å². The van der Waals surface area contributed by atoms with Gasteiger partial charge in [0, 0.05) is 23.7 Å². The fourth-order valence-electron chi connectivity index (χ4n) is 2.25. The summed E-state index contributed by atoms with van der Waals surface area (Å²) in [5.74, 6) is -1.12. The minimum absolute atomic E-state index is 0.0401. The molecule has 1 aromatic carbocycles. The summed E-state index contributed by atoms with van der Waals surface area (Å²) in [5, 5.41) is 13.2. The summed E-state index contributed by atoms with van der Waals surface area (Å²) in [6.07, 6.45) is 1.59. The number of benzene rings is 1. The zero-order valence-corrected chi connectivity index (χ0v) is 17.0. The van der Waals surface area contributed by atoms with E-state index >= 15 is 0 Å². The summed E-state index contributed by atoms with van der Waals surface area (Å²) in [6, 6.07) is 5.99. The lowest BCUT2D eigenvalue weighted by atomic mass is 10.1. The molecule has 0 bridgehead atoms. The Morgan fingerprint density at radius 3 is 2.36 bits per heavy atom. The van der Waals surface area contributed by atoms with Gasteiger partial charge in [-0.25, -0.2) is 18.0 Å². The van der Waals surface area contributed by atoms with Crippen molar-refractivity contribution in [2.45, 2.75) is 11.8 Å². The second-order valence-electron chi connectivity index (χ2n) is 5.41. The highest BCUT2D eigenvalue weighted by molar-refractivity contribution is 7.89. The molecule has 2 heterocycles. The van der Waals surface area contributed by atoms with E-state index in [0.717, 1.165) is 9.18 Å². The largest absolute Gasteiger partial charge is 0.505 e.